The number of rotatable bonds is 4. The van der Waals surface area contributed by atoms with Crippen LogP contribution in [0.5, 0.6) is 0 Å². The quantitative estimate of drug-likeness (QED) is 0.604. The fraction of sp³-hybridized carbons (Fsp3) is 0.167. The van der Waals surface area contributed by atoms with Crippen LogP contribution in [0, 0.1) is 24.0 Å². The van der Waals surface area contributed by atoms with E-state index in [-0.39, 0.29) is 14.8 Å². The Kier molecular flexibility index (Phi) is 4.96. The van der Waals surface area contributed by atoms with Gasteiger partial charge in [0.15, 0.2) is 0 Å². The minimum absolute atomic E-state index is 0.121. The summed E-state index contributed by atoms with van der Waals surface area (Å²) in [6, 6.07) is 1.03. The monoisotopic (exact) mass is 378 g/mol. The summed E-state index contributed by atoms with van der Waals surface area (Å²) in [4.78, 5) is 25.9. The average molecular weight is 379 g/mol. The smallest absolute Gasteiger partial charge is 0.346 e. The molecule has 10 heteroatoms. The summed E-state index contributed by atoms with van der Waals surface area (Å²) in [6.45, 7) is 3.39. The molecule has 6 nitrogen and oxygen atoms in total. The number of aryl methyl sites for hydroxylation is 2. The number of carbonyl (C=O) groups is 1. The second-order valence-electron chi connectivity index (χ2n) is 4.19. The van der Waals surface area contributed by atoms with E-state index in [4.69, 9.17) is 28.3 Å². The van der Waals surface area contributed by atoms with E-state index in [9.17, 15) is 14.9 Å². The molecular weight excluding hydrogens is 371 g/mol. The van der Waals surface area contributed by atoms with Crippen molar-refractivity contribution in [2.24, 2.45) is 0 Å². The van der Waals surface area contributed by atoms with Crippen molar-refractivity contribution in [2.45, 2.75) is 23.0 Å². The predicted octanol–water partition coefficient (Wildman–Crippen LogP) is 4.82. The second-order valence-corrected chi connectivity index (χ2v) is 7.27. The standard InChI is InChI=1S/C12H8Cl2N2O4S2/c1-4-8(13)10(9(14)5(2)15-4)22-12-6(16(19)20)3-7(21-12)11(17)18/h3H,1-2H3,(H,17,18). The summed E-state index contributed by atoms with van der Waals surface area (Å²) in [7, 11) is 0. The topological polar surface area (TPSA) is 93.3 Å². The Bertz CT molecular complexity index is 766. The number of halogens is 2. The van der Waals surface area contributed by atoms with Crippen LogP contribution in [0.2, 0.25) is 10.0 Å². The number of carboxylic acid groups (broad SMARTS) is 1. The summed E-state index contributed by atoms with van der Waals surface area (Å²) in [5.41, 5.74) is 0.805. The van der Waals surface area contributed by atoms with Gasteiger partial charge in [-0.1, -0.05) is 35.0 Å². The maximum atomic E-state index is 11.1. The average Bonchev–Trinajstić information content (AvgIpc) is 2.86. The SMILES string of the molecule is Cc1nc(C)c(Cl)c(Sc2sc(C(=O)O)cc2[N+](=O)[O-])c1Cl. The van der Waals surface area contributed by atoms with Crippen LogP contribution in [0.3, 0.4) is 0 Å². The van der Waals surface area contributed by atoms with Gasteiger partial charge >= 0.3 is 5.97 Å². The third-order valence-corrected chi connectivity index (χ3v) is 6.21. The number of aromatic carboxylic acids is 1. The fourth-order valence-electron chi connectivity index (χ4n) is 1.63. The molecular formula is C12H8Cl2N2O4S2. The number of aromatic nitrogens is 1. The van der Waals surface area contributed by atoms with Crippen molar-refractivity contribution >= 4 is 58.0 Å². The summed E-state index contributed by atoms with van der Waals surface area (Å²) >= 11 is 14.1. The number of nitro groups is 1. The normalized spacial score (nSPS) is 10.7. The van der Waals surface area contributed by atoms with E-state index in [1.807, 2.05) is 0 Å². The molecule has 0 saturated heterocycles. The number of pyridine rings is 1. The van der Waals surface area contributed by atoms with E-state index >= 15 is 0 Å². The van der Waals surface area contributed by atoms with Crippen molar-refractivity contribution in [1.29, 1.82) is 0 Å². The van der Waals surface area contributed by atoms with Crippen LogP contribution >= 0.6 is 46.3 Å². The number of carboxylic acids is 1. The molecule has 0 atom stereocenters. The first-order valence-corrected chi connectivity index (χ1v) is 8.12. The Morgan fingerprint density at radius 3 is 2.36 bits per heavy atom. The van der Waals surface area contributed by atoms with Crippen LogP contribution in [0.4, 0.5) is 5.69 Å². The molecule has 0 unspecified atom stereocenters. The summed E-state index contributed by atoms with van der Waals surface area (Å²) in [5.74, 6) is -1.22. The van der Waals surface area contributed by atoms with E-state index in [2.05, 4.69) is 4.98 Å². The van der Waals surface area contributed by atoms with Crippen molar-refractivity contribution in [2.75, 3.05) is 0 Å². The zero-order valence-electron chi connectivity index (χ0n) is 11.2. The molecule has 0 fully saturated rings. The molecule has 22 heavy (non-hydrogen) atoms. The van der Waals surface area contributed by atoms with Crippen molar-refractivity contribution in [1.82, 2.24) is 4.98 Å². The molecule has 2 heterocycles. The predicted molar refractivity (Wildman–Crippen MR) is 85.8 cm³/mol. The van der Waals surface area contributed by atoms with Crippen LogP contribution in [0.1, 0.15) is 21.1 Å². The molecule has 0 bridgehead atoms. The molecule has 0 aliphatic carbocycles. The molecule has 0 spiro atoms. The van der Waals surface area contributed by atoms with E-state index in [1.165, 1.54) is 0 Å². The highest BCUT2D eigenvalue weighted by Crippen LogP contribution is 2.47. The Labute approximate surface area is 143 Å². The second kappa shape index (κ2) is 6.41. The molecule has 2 aromatic heterocycles. The van der Waals surface area contributed by atoms with Gasteiger partial charge in [0.2, 0.25) is 0 Å². The highest BCUT2D eigenvalue weighted by molar-refractivity contribution is 8.01. The first-order valence-electron chi connectivity index (χ1n) is 5.74. The number of thiophene rings is 1. The van der Waals surface area contributed by atoms with Crippen molar-refractivity contribution in [3.05, 3.63) is 42.5 Å². The summed E-state index contributed by atoms with van der Waals surface area (Å²) in [5, 5.41) is 20.6. The highest BCUT2D eigenvalue weighted by atomic mass is 35.5. The molecule has 0 radical (unpaired) electrons. The number of hydrogen-bond donors (Lipinski definition) is 1. The van der Waals surface area contributed by atoms with Crippen LogP contribution in [-0.4, -0.2) is 21.0 Å². The van der Waals surface area contributed by atoms with Crippen molar-refractivity contribution in [3.63, 3.8) is 0 Å². The maximum absolute atomic E-state index is 11.1. The summed E-state index contributed by atoms with van der Waals surface area (Å²) < 4.78 is 0.205. The maximum Gasteiger partial charge on any atom is 0.346 e. The number of nitrogens with zero attached hydrogens (tertiary/aromatic N) is 2. The Morgan fingerprint density at radius 2 is 1.91 bits per heavy atom. The van der Waals surface area contributed by atoms with Crippen LogP contribution < -0.4 is 0 Å². The zero-order valence-corrected chi connectivity index (χ0v) is 14.4. The van der Waals surface area contributed by atoms with Gasteiger partial charge in [-0.15, -0.1) is 11.3 Å². The van der Waals surface area contributed by atoms with Gasteiger partial charge in [0.05, 0.1) is 31.3 Å². The number of hydrogen-bond acceptors (Lipinski definition) is 6. The molecule has 116 valence electrons. The van der Waals surface area contributed by atoms with Gasteiger partial charge in [0, 0.05) is 6.07 Å². The van der Waals surface area contributed by atoms with Gasteiger partial charge in [0.1, 0.15) is 9.09 Å². The molecule has 0 saturated carbocycles. The molecule has 2 rings (SSSR count). The molecule has 0 aromatic carbocycles. The zero-order chi connectivity index (χ0) is 16.6. The largest absolute Gasteiger partial charge is 0.477 e. The molecule has 0 amide bonds. The van der Waals surface area contributed by atoms with Gasteiger partial charge < -0.3 is 5.11 Å². The van der Waals surface area contributed by atoms with Crippen LogP contribution in [-0.2, 0) is 0 Å². The first kappa shape index (κ1) is 17.0. The van der Waals surface area contributed by atoms with E-state index in [0.29, 0.717) is 26.3 Å². The Hall–Kier alpha value is -1.35. The summed E-state index contributed by atoms with van der Waals surface area (Å²) in [6.07, 6.45) is 0. The first-order chi connectivity index (χ1) is 10.2. The lowest BCUT2D eigenvalue weighted by atomic mass is 10.3. The molecule has 1 N–H and O–H groups in total. The lowest BCUT2D eigenvalue weighted by Crippen LogP contribution is -1.93. The van der Waals surface area contributed by atoms with Crippen LogP contribution in [0.15, 0.2) is 15.2 Å². The Morgan fingerprint density at radius 1 is 1.36 bits per heavy atom. The highest BCUT2D eigenvalue weighted by Gasteiger charge is 2.25. The lowest BCUT2D eigenvalue weighted by Gasteiger charge is -2.09. The van der Waals surface area contributed by atoms with Crippen molar-refractivity contribution < 1.29 is 14.8 Å². The van der Waals surface area contributed by atoms with Gasteiger partial charge in [-0.05, 0) is 13.8 Å². The van der Waals surface area contributed by atoms with E-state index in [0.717, 1.165) is 29.2 Å². The van der Waals surface area contributed by atoms with Gasteiger partial charge in [-0.25, -0.2) is 4.79 Å². The van der Waals surface area contributed by atoms with Gasteiger partial charge in [0.25, 0.3) is 5.69 Å². The van der Waals surface area contributed by atoms with Gasteiger partial charge in [-0.2, -0.15) is 0 Å². The fourth-order valence-corrected chi connectivity index (χ4v) is 4.46. The third kappa shape index (κ3) is 3.19. The third-order valence-electron chi connectivity index (χ3n) is 2.65. The van der Waals surface area contributed by atoms with Gasteiger partial charge in [-0.3, -0.25) is 15.1 Å². The molecule has 2 aromatic rings. The minimum Gasteiger partial charge on any atom is -0.477 e. The molecule has 0 aliphatic rings. The van der Waals surface area contributed by atoms with E-state index in [1.54, 1.807) is 13.8 Å². The van der Waals surface area contributed by atoms with Crippen molar-refractivity contribution in [3.8, 4) is 0 Å². The lowest BCUT2D eigenvalue weighted by molar-refractivity contribution is -0.387. The van der Waals surface area contributed by atoms with E-state index < -0.39 is 10.9 Å². The Balaban J connectivity index is 2.56. The molecule has 0 aliphatic heterocycles. The minimum atomic E-state index is -1.22. The van der Waals surface area contributed by atoms with Crippen LogP contribution in [0.25, 0.3) is 0 Å².